The first-order valence-corrected chi connectivity index (χ1v) is 7.56. The van der Waals surface area contributed by atoms with Crippen LogP contribution in [0.3, 0.4) is 0 Å². The van der Waals surface area contributed by atoms with E-state index in [1.54, 1.807) is 17.2 Å². The van der Waals surface area contributed by atoms with Gasteiger partial charge in [-0.3, -0.25) is 4.79 Å². The molecular formula is C13H18N2O4S. The fourth-order valence-corrected chi connectivity index (χ4v) is 2.75. The van der Waals surface area contributed by atoms with E-state index in [0.717, 1.165) is 17.8 Å². The minimum absolute atomic E-state index is 0.0731. The second-order valence-electron chi connectivity index (χ2n) is 4.39. The van der Waals surface area contributed by atoms with Crippen LogP contribution in [0.1, 0.15) is 40.6 Å². The SMILES string of the molecule is CCOC(=O)c1nc(C(=O)N2CCOCC2CC)cs1. The Hall–Kier alpha value is -1.47. The number of morpholine rings is 1. The zero-order valence-corrected chi connectivity index (χ0v) is 12.4. The molecular weight excluding hydrogens is 280 g/mol. The molecule has 0 radical (unpaired) electrons. The Balaban J connectivity index is 2.10. The summed E-state index contributed by atoms with van der Waals surface area (Å²) in [5, 5.41) is 1.83. The van der Waals surface area contributed by atoms with E-state index in [-0.39, 0.29) is 17.0 Å². The molecule has 110 valence electrons. The second-order valence-corrected chi connectivity index (χ2v) is 5.25. The molecule has 20 heavy (non-hydrogen) atoms. The predicted molar refractivity (Wildman–Crippen MR) is 74.0 cm³/mol. The van der Waals surface area contributed by atoms with Gasteiger partial charge in [0.15, 0.2) is 0 Å². The number of ether oxygens (including phenoxy) is 2. The molecule has 1 fully saturated rings. The van der Waals surface area contributed by atoms with Gasteiger partial charge in [0.2, 0.25) is 5.01 Å². The van der Waals surface area contributed by atoms with Crippen LogP contribution in [0.2, 0.25) is 0 Å². The van der Waals surface area contributed by atoms with Crippen LogP contribution in [0.5, 0.6) is 0 Å². The van der Waals surface area contributed by atoms with E-state index in [9.17, 15) is 9.59 Å². The molecule has 2 rings (SSSR count). The lowest BCUT2D eigenvalue weighted by atomic mass is 10.1. The molecule has 0 spiro atoms. The van der Waals surface area contributed by atoms with Gasteiger partial charge in [-0.05, 0) is 13.3 Å². The highest BCUT2D eigenvalue weighted by Crippen LogP contribution is 2.17. The van der Waals surface area contributed by atoms with Gasteiger partial charge in [-0.25, -0.2) is 9.78 Å². The fraction of sp³-hybridized carbons (Fsp3) is 0.615. The summed E-state index contributed by atoms with van der Waals surface area (Å²) in [5.74, 6) is -0.627. The van der Waals surface area contributed by atoms with Crippen LogP contribution >= 0.6 is 11.3 Å². The molecule has 1 aromatic heterocycles. The number of hydrogen-bond acceptors (Lipinski definition) is 6. The van der Waals surface area contributed by atoms with Crippen molar-refractivity contribution >= 4 is 23.2 Å². The van der Waals surface area contributed by atoms with E-state index < -0.39 is 5.97 Å². The Morgan fingerprint density at radius 2 is 2.35 bits per heavy atom. The minimum Gasteiger partial charge on any atom is -0.461 e. The molecule has 7 heteroatoms. The molecule has 1 unspecified atom stereocenters. The van der Waals surface area contributed by atoms with Gasteiger partial charge >= 0.3 is 5.97 Å². The third kappa shape index (κ3) is 3.16. The van der Waals surface area contributed by atoms with Crippen molar-refractivity contribution in [2.24, 2.45) is 0 Å². The van der Waals surface area contributed by atoms with Gasteiger partial charge in [0.25, 0.3) is 5.91 Å². The van der Waals surface area contributed by atoms with Crippen molar-refractivity contribution in [3.63, 3.8) is 0 Å². The summed E-state index contributed by atoms with van der Waals surface area (Å²) < 4.78 is 10.3. The Bertz CT molecular complexity index is 488. The van der Waals surface area contributed by atoms with Crippen molar-refractivity contribution in [2.45, 2.75) is 26.3 Å². The molecule has 2 heterocycles. The first-order valence-electron chi connectivity index (χ1n) is 6.68. The molecule has 1 atom stereocenters. The normalized spacial score (nSPS) is 18.9. The van der Waals surface area contributed by atoms with Crippen LogP contribution in [0.4, 0.5) is 0 Å². The Labute approximate surface area is 121 Å². The summed E-state index contributed by atoms with van der Waals surface area (Å²) in [4.78, 5) is 29.8. The molecule has 1 saturated heterocycles. The average molecular weight is 298 g/mol. The number of hydrogen-bond donors (Lipinski definition) is 0. The second kappa shape index (κ2) is 6.81. The Kier molecular flexibility index (Phi) is 5.08. The zero-order chi connectivity index (χ0) is 14.5. The van der Waals surface area contributed by atoms with Gasteiger partial charge in [-0.1, -0.05) is 6.92 Å². The fourth-order valence-electron chi connectivity index (χ4n) is 2.07. The van der Waals surface area contributed by atoms with Crippen molar-refractivity contribution in [1.29, 1.82) is 0 Å². The van der Waals surface area contributed by atoms with E-state index in [2.05, 4.69) is 4.98 Å². The van der Waals surface area contributed by atoms with Crippen molar-refractivity contribution < 1.29 is 19.1 Å². The minimum atomic E-state index is -0.481. The zero-order valence-electron chi connectivity index (χ0n) is 11.6. The van der Waals surface area contributed by atoms with Gasteiger partial charge in [0, 0.05) is 11.9 Å². The van der Waals surface area contributed by atoms with Crippen molar-refractivity contribution in [1.82, 2.24) is 9.88 Å². The number of aromatic nitrogens is 1. The highest BCUT2D eigenvalue weighted by Gasteiger charge is 2.28. The Morgan fingerprint density at radius 1 is 1.55 bits per heavy atom. The lowest BCUT2D eigenvalue weighted by Gasteiger charge is -2.34. The summed E-state index contributed by atoms with van der Waals surface area (Å²) in [6.07, 6.45) is 0.834. The molecule has 1 aliphatic rings. The average Bonchev–Trinajstić information content (AvgIpc) is 2.96. The smallest absolute Gasteiger partial charge is 0.367 e. The third-order valence-electron chi connectivity index (χ3n) is 3.13. The molecule has 0 saturated carbocycles. The summed E-state index contributed by atoms with van der Waals surface area (Å²) in [5.41, 5.74) is 0.304. The highest BCUT2D eigenvalue weighted by atomic mass is 32.1. The number of esters is 1. The van der Waals surface area contributed by atoms with Gasteiger partial charge in [0.05, 0.1) is 25.9 Å². The van der Waals surface area contributed by atoms with Gasteiger partial charge in [0.1, 0.15) is 5.69 Å². The first-order chi connectivity index (χ1) is 9.67. The molecule has 1 amide bonds. The molecule has 6 nitrogen and oxygen atoms in total. The lowest BCUT2D eigenvalue weighted by molar-refractivity contribution is -0.00307. The quantitative estimate of drug-likeness (QED) is 0.789. The topological polar surface area (TPSA) is 68.7 Å². The van der Waals surface area contributed by atoms with Crippen LogP contribution in [-0.4, -0.2) is 54.2 Å². The van der Waals surface area contributed by atoms with E-state index >= 15 is 0 Å². The molecule has 0 aliphatic carbocycles. The molecule has 0 bridgehead atoms. The number of thiazole rings is 1. The van der Waals surface area contributed by atoms with Gasteiger partial charge < -0.3 is 14.4 Å². The number of rotatable bonds is 4. The third-order valence-corrected chi connectivity index (χ3v) is 3.96. The number of carbonyl (C=O) groups excluding carboxylic acids is 2. The largest absolute Gasteiger partial charge is 0.461 e. The van der Waals surface area contributed by atoms with E-state index in [1.165, 1.54) is 0 Å². The predicted octanol–water partition coefficient (Wildman–Crippen LogP) is 1.57. The maximum atomic E-state index is 12.4. The number of carbonyl (C=O) groups is 2. The number of nitrogens with zero attached hydrogens (tertiary/aromatic N) is 2. The summed E-state index contributed by atoms with van der Waals surface area (Å²) in [7, 11) is 0. The van der Waals surface area contributed by atoms with Crippen molar-refractivity contribution in [3.8, 4) is 0 Å². The number of amides is 1. The van der Waals surface area contributed by atoms with Crippen LogP contribution in [0.25, 0.3) is 0 Å². The Morgan fingerprint density at radius 3 is 3.05 bits per heavy atom. The maximum Gasteiger partial charge on any atom is 0.367 e. The molecule has 1 aromatic rings. The monoisotopic (exact) mass is 298 g/mol. The molecule has 0 aromatic carbocycles. The van der Waals surface area contributed by atoms with Gasteiger partial charge in [-0.2, -0.15) is 0 Å². The maximum absolute atomic E-state index is 12.4. The van der Waals surface area contributed by atoms with Crippen LogP contribution in [-0.2, 0) is 9.47 Å². The molecule has 0 N–H and O–H groups in total. The van der Waals surface area contributed by atoms with Gasteiger partial charge in [-0.15, -0.1) is 11.3 Å². The van der Waals surface area contributed by atoms with Crippen LogP contribution < -0.4 is 0 Å². The van der Waals surface area contributed by atoms with Crippen LogP contribution in [0, 0.1) is 0 Å². The molecule has 1 aliphatic heterocycles. The van der Waals surface area contributed by atoms with Crippen molar-refractivity contribution in [3.05, 3.63) is 16.1 Å². The standard InChI is InChI=1S/C13H18N2O4S/c1-3-9-7-18-6-5-15(9)12(16)10-8-20-11(14-10)13(17)19-4-2/h8-9H,3-7H2,1-2H3. The highest BCUT2D eigenvalue weighted by molar-refractivity contribution is 7.11. The van der Waals surface area contributed by atoms with Crippen LogP contribution in [0.15, 0.2) is 5.38 Å². The summed E-state index contributed by atoms with van der Waals surface area (Å²) in [6, 6.07) is 0.0731. The van der Waals surface area contributed by atoms with E-state index in [4.69, 9.17) is 9.47 Å². The summed E-state index contributed by atoms with van der Waals surface area (Å²) >= 11 is 1.13. The lowest BCUT2D eigenvalue weighted by Crippen LogP contribution is -2.48. The van der Waals surface area contributed by atoms with E-state index in [0.29, 0.717) is 32.1 Å². The first kappa shape index (κ1) is 14.9. The van der Waals surface area contributed by atoms with Crippen molar-refractivity contribution in [2.75, 3.05) is 26.4 Å². The van der Waals surface area contributed by atoms with E-state index in [1.807, 2.05) is 6.92 Å². The summed E-state index contributed by atoms with van der Waals surface area (Å²) in [6.45, 7) is 5.70.